The molecule has 1 atom stereocenters. The molecule has 92 valence electrons. The number of amides is 2. The van der Waals surface area contributed by atoms with Crippen molar-refractivity contribution in [3.63, 3.8) is 0 Å². The second kappa shape index (κ2) is 5.27. The van der Waals surface area contributed by atoms with E-state index in [0.29, 0.717) is 12.0 Å². The summed E-state index contributed by atoms with van der Waals surface area (Å²) in [5, 5.41) is 0. The second-order valence-electron chi connectivity index (χ2n) is 4.58. The first-order valence-corrected chi connectivity index (χ1v) is 6.57. The first-order chi connectivity index (χ1) is 7.74. The van der Waals surface area contributed by atoms with E-state index in [1.54, 1.807) is 0 Å². The largest absolute Gasteiger partial charge is 0.381 e. The Bertz CT molecular complexity index is 256. The van der Waals surface area contributed by atoms with Gasteiger partial charge in [0.15, 0.2) is 0 Å². The van der Waals surface area contributed by atoms with Crippen molar-refractivity contribution in [2.45, 2.75) is 18.9 Å². The molecule has 0 N–H and O–H groups in total. The Morgan fingerprint density at radius 3 is 2.75 bits per heavy atom. The molecule has 2 aliphatic heterocycles. The third-order valence-electron chi connectivity index (χ3n) is 3.66. The Hall–Kier alpha value is -0.420. The summed E-state index contributed by atoms with van der Waals surface area (Å²) in [4.78, 5) is 15.7. The quantitative estimate of drug-likeness (QED) is 0.754. The van der Waals surface area contributed by atoms with Crippen molar-refractivity contribution in [2.24, 2.45) is 5.92 Å². The van der Waals surface area contributed by atoms with Crippen LogP contribution in [-0.4, -0.2) is 61.0 Å². The zero-order valence-corrected chi connectivity index (χ0v) is 10.7. The molecule has 0 bridgehead atoms. The van der Waals surface area contributed by atoms with Crippen molar-refractivity contribution >= 4 is 18.7 Å². The molecule has 2 aliphatic rings. The van der Waals surface area contributed by atoms with Crippen LogP contribution in [-0.2, 0) is 4.74 Å². The van der Waals surface area contributed by atoms with Crippen LogP contribution >= 0.6 is 12.6 Å². The Morgan fingerprint density at radius 1 is 1.44 bits per heavy atom. The fourth-order valence-corrected chi connectivity index (χ4v) is 2.91. The van der Waals surface area contributed by atoms with Crippen molar-refractivity contribution in [1.29, 1.82) is 0 Å². The molecule has 2 amide bonds. The fraction of sp³-hybridized carbons (Fsp3) is 0.909. The standard InChI is InChI=1S/C11H20N2O2S/c1-12-10(9-2-5-15-6-3-9)8-13(4-7-16)11(12)14/h9-10,16H,2-8H2,1H3. The van der Waals surface area contributed by atoms with Crippen LogP contribution in [0.5, 0.6) is 0 Å². The van der Waals surface area contributed by atoms with Crippen LogP contribution in [0.2, 0.25) is 0 Å². The summed E-state index contributed by atoms with van der Waals surface area (Å²) >= 11 is 4.19. The van der Waals surface area contributed by atoms with E-state index in [1.807, 2.05) is 16.8 Å². The minimum atomic E-state index is 0.158. The molecule has 4 nitrogen and oxygen atoms in total. The molecule has 0 aromatic rings. The van der Waals surface area contributed by atoms with Gasteiger partial charge in [0.25, 0.3) is 0 Å². The predicted molar refractivity (Wildman–Crippen MR) is 65.9 cm³/mol. The fourth-order valence-electron chi connectivity index (χ4n) is 2.66. The third-order valence-corrected chi connectivity index (χ3v) is 3.86. The Kier molecular flexibility index (Phi) is 3.97. The van der Waals surface area contributed by atoms with Gasteiger partial charge in [-0.05, 0) is 18.8 Å². The average molecular weight is 244 g/mol. The molecule has 0 aromatic heterocycles. The van der Waals surface area contributed by atoms with Crippen LogP contribution in [0.4, 0.5) is 4.79 Å². The molecule has 0 aliphatic carbocycles. The Morgan fingerprint density at radius 2 is 2.12 bits per heavy atom. The van der Waals surface area contributed by atoms with Crippen LogP contribution in [0, 0.1) is 5.92 Å². The van der Waals surface area contributed by atoms with Gasteiger partial charge in [-0.25, -0.2) is 4.79 Å². The van der Waals surface area contributed by atoms with Gasteiger partial charge >= 0.3 is 6.03 Å². The molecule has 2 fully saturated rings. The van der Waals surface area contributed by atoms with Crippen molar-refractivity contribution in [1.82, 2.24) is 9.80 Å². The average Bonchev–Trinajstić information content (AvgIpc) is 2.59. The highest BCUT2D eigenvalue weighted by atomic mass is 32.1. The predicted octanol–water partition coefficient (Wildman–Crippen LogP) is 1.08. The minimum Gasteiger partial charge on any atom is -0.381 e. The lowest BCUT2D eigenvalue weighted by Crippen LogP contribution is -2.38. The zero-order valence-electron chi connectivity index (χ0n) is 9.76. The molecule has 16 heavy (non-hydrogen) atoms. The zero-order chi connectivity index (χ0) is 11.5. The molecule has 0 radical (unpaired) electrons. The number of nitrogens with zero attached hydrogens (tertiary/aromatic N) is 2. The molecular weight excluding hydrogens is 224 g/mol. The molecule has 0 aromatic carbocycles. The van der Waals surface area contributed by atoms with Gasteiger partial charge < -0.3 is 14.5 Å². The maximum atomic E-state index is 11.9. The van der Waals surface area contributed by atoms with Gasteiger partial charge in [0.05, 0.1) is 6.04 Å². The molecular formula is C11H20N2O2S. The molecule has 0 spiro atoms. The van der Waals surface area contributed by atoms with Gasteiger partial charge in [0, 0.05) is 39.1 Å². The van der Waals surface area contributed by atoms with Crippen LogP contribution < -0.4 is 0 Å². The summed E-state index contributed by atoms with van der Waals surface area (Å²) in [5.41, 5.74) is 0. The molecule has 1 unspecified atom stereocenters. The Labute approximate surface area is 102 Å². The van der Waals surface area contributed by atoms with Crippen LogP contribution in [0.1, 0.15) is 12.8 Å². The van der Waals surface area contributed by atoms with Gasteiger partial charge in [-0.15, -0.1) is 0 Å². The van der Waals surface area contributed by atoms with Crippen molar-refractivity contribution in [3.05, 3.63) is 0 Å². The highest BCUT2D eigenvalue weighted by molar-refractivity contribution is 7.80. The number of hydrogen-bond acceptors (Lipinski definition) is 3. The van der Waals surface area contributed by atoms with Crippen LogP contribution in [0.25, 0.3) is 0 Å². The first kappa shape index (κ1) is 12.0. The molecule has 0 saturated carbocycles. The monoisotopic (exact) mass is 244 g/mol. The molecule has 5 heteroatoms. The smallest absolute Gasteiger partial charge is 0.320 e. The lowest BCUT2D eigenvalue weighted by atomic mass is 9.91. The second-order valence-corrected chi connectivity index (χ2v) is 5.03. The van der Waals surface area contributed by atoms with Crippen LogP contribution in [0.3, 0.4) is 0 Å². The summed E-state index contributed by atoms with van der Waals surface area (Å²) in [6, 6.07) is 0.529. The molecule has 2 heterocycles. The minimum absolute atomic E-state index is 0.158. The van der Waals surface area contributed by atoms with Crippen LogP contribution in [0.15, 0.2) is 0 Å². The first-order valence-electron chi connectivity index (χ1n) is 5.94. The van der Waals surface area contributed by atoms with Gasteiger partial charge in [-0.3, -0.25) is 0 Å². The van der Waals surface area contributed by atoms with E-state index in [0.717, 1.165) is 44.9 Å². The lowest BCUT2D eigenvalue weighted by Gasteiger charge is -2.30. The van der Waals surface area contributed by atoms with Crippen molar-refractivity contribution < 1.29 is 9.53 Å². The van der Waals surface area contributed by atoms with E-state index in [9.17, 15) is 4.79 Å². The Balaban J connectivity index is 1.97. The maximum absolute atomic E-state index is 11.9. The summed E-state index contributed by atoms with van der Waals surface area (Å²) in [7, 11) is 1.92. The van der Waals surface area contributed by atoms with Gasteiger partial charge in [0.1, 0.15) is 0 Å². The third kappa shape index (κ3) is 2.30. The topological polar surface area (TPSA) is 32.8 Å². The molecule has 2 rings (SSSR count). The number of urea groups is 1. The van der Waals surface area contributed by atoms with E-state index >= 15 is 0 Å². The van der Waals surface area contributed by atoms with E-state index in [2.05, 4.69) is 12.6 Å². The van der Waals surface area contributed by atoms with Gasteiger partial charge in [-0.2, -0.15) is 12.6 Å². The van der Waals surface area contributed by atoms with E-state index in [1.165, 1.54) is 0 Å². The summed E-state index contributed by atoms with van der Waals surface area (Å²) in [5.74, 6) is 1.34. The number of thiol groups is 1. The van der Waals surface area contributed by atoms with Gasteiger partial charge in [-0.1, -0.05) is 0 Å². The van der Waals surface area contributed by atoms with Gasteiger partial charge in [0.2, 0.25) is 0 Å². The number of ether oxygens (including phenoxy) is 1. The number of rotatable bonds is 3. The number of likely N-dealkylation sites (N-methyl/N-ethyl adjacent to an activating group) is 1. The number of carbonyl (C=O) groups excluding carboxylic acids is 1. The summed E-state index contributed by atoms with van der Waals surface area (Å²) in [6.45, 7) is 3.30. The number of carbonyl (C=O) groups is 1. The highest BCUT2D eigenvalue weighted by Crippen LogP contribution is 2.27. The highest BCUT2D eigenvalue weighted by Gasteiger charge is 2.39. The summed E-state index contributed by atoms with van der Waals surface area (Å²) in [6.07, 6.45) is 2.16. The van der Waals surface area contributed by atoms with E-state index in [-0.39, 0.29) is 6.03 Å². The SMILES string of the molecule is CN1C(=O)N(CCS)CC1C1CCOCC1. The summed E-state index contributed by atoms with van der Waals surface area (Å²) < 4.78 is 5.37. The number of hydrogen-bond donors (Lipinski definition) is 1. The van der Waals surface area contributed by atoms with Crippen molar-refractivity contribution in [3.8, 4) is 0 Å². The van der Waals surface area contributed by atoms with E-state index in [4.69, 9.17) is 4.74 Å². The maximum Gasteiger partial charge on any atom is 0.320 e. The van der Waals surface area contributed by atoms with E-state index < -0.39 is 0 Å². The normalized spacial score (nSPS) is 27.9. The van der Waals surface area contributed by atoms with Crippen molar-refractivity contribution in [2.75, 3.05) is 39.1 Å². The lowest BCUT2D eigenvalue weighted by molar-refractivity contribution is 0.0452. The molecule has 2 saturated heterocycles.